The molecular weight excluding hydrogens is 132 g/mol. The van der Waals surface area contributed by atoms with Gasteiger partial charge in [0, 0.05) is 18.5 Å². The first-order valence-electron chi connectivity index (χ1n) is 3.25. The zero-order valence-electron chi connectivity index (χ0n) is 6.02. The molecule has 4 heteroatoms. The average molecular weight is 144 g/mol. The molecule has 1 aliphatic rings. The molecule has 1 saturated heterocycles. The van der Waals surface area contributed by atoms with Crippen molar-refractivity contribution >= 4 is 6.09 Å². The highest BCUT2D eigenvalue weighted by Gasteiger charge is 2.32. The molecule has 1 rings (SSSR count). The van der Waals surface area contributed by atoms with Crippen molar-refractivity contribution in [2.24, 2.45) is 11.1 Å². The Labute approximate surface area is 59.7 Å². The molecule has 0 atom stereocenters. The smallest absolute Gasteiger partial charge is 0.404 e. The second-order valence-electron chi connectivity index (χ2n) is 3.02. The first-order chi connectivity index (χ1) is 4.62. The minimum Gasteiger partial charge on any atom is -0.449 e. The lowest BCUT2D eigenvalue weighted by atomic mass is 9.85. The summed E-state index contributed by atoms with van der Waals surface area (Å²) in [6.07, 6.45) is -0.687. The molecule has 0 aromatic rings. The van der Waals surface area contributed by atoms with E-state index in [1.54, 1.807) is 0 Å². The van der Waals surface area contributed by atoms with Gasteiger partial charge >= 0.3 is 6.09 Å². The number of ether oxygens (including phenoxy) is 1. The molecule has 1 aliphatic heterocycles. The van der Waals surface area contributed by atoms with Crippen molar-refractivity contribution in [3.8, 4) is 0 Å². The Hall–Kier alpha value is -0.770. The molecule has 1 heterocycles. The van der Waals surface area contributed by atoms with E-state index in [0.29, 0.717) is 6.61 Å². The molecule has 0 aliphatic carbocycles. The molecular formula is C6H12N2O2. The second kappa shape index (κ2) is 2.46. The minimum atomic E-state index is -0.687. The van der Waals surface area contributed by atoms with E-state index in [-0.39, 0.29) is 5.41 Å². The third kappa shape index (κ3) is 1.60. The summed E-state index contributed by atoms with van der Waals surface area (Å²) in [7, 11) is 0. The summed E-state index contributed by atoms with van der Waals surface area (Å²) in [5.41, 5.74) is 4.92. The molecule has 0 aromatic heterocycles. The van der Waals surface area contributed by atoms with Crippen LogP contribution in [0.25, 0.3) is 0 Å². The Kier molecular flexibility index (Phi) is 1.80. The SMILES string of the molecule is CC1(COC(N)=O)CNC1. The molecule has 0 radical (unpaired) electrons. The van der Waals surface area contributed by atoms with Gasteiger partial charge in [0.15, 0.2) is 0 Å². The van der Waals surface area contributed by atoms with Crippen LogP contribution in [0.3, 0.4) is 0 Å². The maximum Gasteiger partial charge on any atom is 0.404 e. The number of nitrogens with two attached hydrogens (primary N) is 1. The van der Waals surface area contributed by atoms with Gasteiger partial charge in [0.05, 0.1) is 0 Å². The van der Waals surface area contributed by atoms with Gasteiger partial charge in [-0.25, -0.2) is 4.79 Å². The van der Waals surface area contributed by atoms with Crippen LogP contribution >= 0.6 is 0 Å². The average Bonchev–Trinajstić information content (AvgIpc) is 1.79. The lowest BCUT2D eigenvalue weighted by molar-refractivity contribution is 0.0636. The number of rotatable bonds is 2. The molecule has 0 aromatic carbocycles. The van der Waals surface area contributed by atoms with E-state index >= 15 is 0 Å². The van der Waals surface area contributed by atoms with Crippen molar-refractivity contribution in [2.75, 3.05) is 19.7 Å². The zero-order chi connectivity index (χ0) is 7.61. The Bertz CT molecular complexity index is 143. The van der Waals surface area contributed by atoms with Crippen LogP contribution < -0.4 is 11.1 Å². The molecule has 1 fully saturated rings. The summed E-state index contributed by atoms with van der Waals surface area (Å²) in [5, 5.41) is 3.09. The maximum absolute atomic E-state index is 10.2. The Morgan fingerprint density at radius 2 is 2.40 bits per heavy atom. The van der Waals surface area contributed by atoms with Crippen LogP contribution in [-0.4, -0.2) is 25.8 Å². The van der Waals surface area contributed by atoms with E-state index in [2.05, 4.69) is 10.1 Å². The van der Waals surface area contributed by atoms with E-state index in [4.69, 9.17) is 5.73 Å². The van der Waals surface area contributed by atoms with Crippen molar-refractivity contribution < 1.29 is 9.53 Å². The van der Waals surface area contributed by atoms with Gasteiger partial charge in [0.1, 0.15) is 6.61 Å². The Morgan fingerprint density at radius 1 is 1.80 bits per heavy atom. The highest BCUT2D eigenvalue weighted by atomic mass is 16.5. The summed E-state index contributed by atoms with van der Waals surface area (Å²) in [4.78, 5) is 10.2. The monoisotopic (exact) mass is 144 g/mol. The topological polar surface area (TPSA) is 64.3 Å². The van der Waals surface area contributed by atoms with E-state index in [9.17, 15) is 4.79 Å². The summed E-state index contributed by atoms with van der Waals surface area (Å²) in [6.45, 7) is 4.28. The number of nitrogens with one attached hydrogen (secondary N) is 1. The van der Waals surface area contributed by atoms with Gasteiger partial charge in [-0.05, 0) is 0 Å². The number of amides is 1. The fraction of sp³-hybridized carbons (Fsp3) is 0.833. The molecule has 1 amide bonds. The normalized spacial score (nSPS) is 21.3. The predicted molar refractivity (Wildman–Crippen MR) is 36.5 cm³/mol. The number of hydrogen-bond acceptors (Lipinski definition) is 3. The first kappa shape index (κ1) is 7.34. The lowest BCUT2D eigenvalue weighted by Crippen LogP contribution is -2.54. The number of hydrogen-bond donors (Lipinski definition) is 2. The number of primary amides is 1. The Balaban J connectivity index is 2.18. The summed E-state index contributed by atoms with van der Waals surface area (Å²) in [6, 6.07) is 0. The molecule has 0 spiro atoms. The second-order valence-corrected chi connectivity index (χ2v) is 3.02. The van der Waals surface area contributed by atoms with E-state index in [1.165, 1.54) is 0 Å². The van der Waals surface area contributed by atoms with Crippen molar-refractivity contribution in [3.05, 3.63) is 0 Å². The van der Waals surface area contributed by atoms with E-state index < -0.39 is 6.09 Å². The van der Waals surface area contributed by atoms with Crippen LogP contribution in [0.1, 0.15) is 6.92 Å². The number of carbonyl (C=O) groups is 1. The van der Waals surface area contributed by atoms with Crippen molar-refractivity contribution in [1.82, 2.24) is 5.32 Å². The maximum atomic E-state index is 10.2. The molecule has 0 bridgehead atoms. The summed E-state index contributed by atoms with van der Waals surface area (Å²) >= 11 is 0. The quantitative estimate of drug-likeness (QED) is 0.558. The van der Waals surface area contributed by atoms with Gasteiger partial charge in [-0.2, -0.15) is 0 Å². The van der Waals surface area contributed by atoms with Gasteiger partial charge in [-0.3, -0.25) is 0 Å². The van der Waals surface area contributed by atoms with Crippen molar-refractivity contribution in [3.63, 3.8) is 0 Å². The lowest BCUT2D eigenvalue weighted by Gasteiger charge is -2.38. The molecule has 0 unspecified atom stereocenters. The summed E-state index contributed by atoms with van der Waals surface area (Å²) in [5.74, 6) is 0. The largest absolute Gasteiger partial charge is 0.449 e. The molecule has 0 saturated carbocycles. The van der Waals surface area contributed by atoms with Crippen LogP contribution in [0, 0.1) is 5.41 Å². The van der Waals surface area contributed by atoms with Gasteiger partial charge < -0.3 is 15.8 Å². The van der Waals surface area contributed by atoms with Gasteiger partial charge in [0.2, 0.25) is 0 Å². The summed E-state index contributed by atoms with van der Waals surface area (Å²) < 4.78 is 4.65. The van der Waals surface area contributed by atoms with E-state index in [0.717, 1.165) is 13.1 Å². The van der Waals surface area contributed by atoms with Crippen LogP contribution in [0.15, 0.2) is 0 Å². The third-order valence-corrected chi connectivity index (χ3v) is 1.67. The first-order valence-corrected chi connectivity index (χ1v) is 3.25. The highest BCUT2D eigenvalue weighted by Crippen LogP contribution is 2.20. The molecule has 10 heavy (non-hydrogen) atoms. The van der Waals surface area contributed by atoms with E-state index in [1.807, 2.05) is 6.92 Å². The fourth-order valence-electron chi connectivity index (χ4n) is 0.899. The minimum absolute atomic E-state index is 0.120. The third-order valence-electron chi connectivity index (χ3n) is 1.67. The Morgan fingerprint density at radius 3 is 2.70 bits per heavy atom. The standard InChI is InChI=1S/C6H12N2O2/c1-6(2-8-3-6)4-10-5(7)9/h8H,2-4H2,1H3,(H2,7,9). The highest BCUT2D eigenvalue weighted by molar-refractivity contribution is 5.64. The van der Waals surface area contributed by atoms with Gasteiger partial charge in [-0.1, -0.05) is 6.92 Å². The van der Waals surface area contributed by atoms with Crippen LogP contribution in [0.5, 0.6) is 0 Å². The van der Waals surface area contributed by atoms with Crippen LogP contribution in [0.2, 0.25) is 0 Å². The predicted octanol–water partition coefficient (Wildman–Crippen LogP) is -0.309. The van der Waals surface area contributed by atoms with Gasteiger partial charge in [-0.15, -0.1) is 0 Å². The molecule has 4 nitrogen and oxygen atoms in total. The number of carbonyl (C=O) groups excluding carboxylic acids is 1. The zero-order valence-corrected chi connectivity index (χ0v) is 6.02. The van der Waals surface area contributed by atoms with Crippen LogP contribution in [-0.2, 0) is 4.74 Å². The van der Waals surface area contributed by atoms with Crippen molar-refractivity contribution in [2.45, 2.75) is 6.92 Å². The molecule has 3 N–H and O–H groups in total. The van der Waals surface area contributed by atoms with Crippen LogP contribution in [0.4, 0.5) is 4.79 Å². The van der Waals surface area contributed by atoms with Crippen molar-refractivity contribution in [1.29, 1.82) is 0 Å². The molecule has 58 valence electrons. The van der Waals surface area contributed by atoms with Gasteiger partial charge in [0.25, 0.3) is 0 Å². The fourth-order valence-corrected chi connectivity index (χ4v) is 0.899.